The molecule has 0 aromatic heterocycles. The van der Waals surface area contributed by atoms with E-state index in [1.807, 2.05) is 0 Å². The van der Waals surface area contributed by atoms with Crippen LogP contribution in [0.2, 0.25) is 0 Å². The van der Waals surface area contributed by atoms with Crippen molar-refractivity contribution in [2.24, 2.45) is 0 Å². The lowest BCUT2D eigenvalue weighted by Crippen LogP contribution is -2.12. The molecule has 0 unspecified atom stereocenters. The van der Waals surface area contributed by atoms with Gasteiger partial charge in [0.05, 0.1) is 15.4 Å². The molecule has 0 bridgehead atoms. The number of aliphatic carboxylic acids is 2. The summed E-state index contributed by atoms with van der Waals surface area (Å²) in [6.45, 7) is 0. The molecule has 0 saturated heterocycles. The van der Waals surface area contributed by atoms with Gasteiger partial charge in [0, 0.05) is 6.07 Å². The van der Waals surface area contributed by atoms with E-state index in [-0.39, 0.29) is 0 Å². The molecule has 0 aliphatic heterocycles. The molecule has 0 heterocycles. The maximum atomic E-state index is 11.0. The first-order valence-electron chi connectivity index (χ1n) is 5.34. The summed E-state index contributed by atoms with van der Waals surface area (Å²) in [5.41, 5.74) is -3.99. The van der Waals surface area contributed by atoms with Gasteiger partial charge < -0.3 is 15.3 Å². The third kappa shape index (κ3) is 5.48. The van der Waals surface area contributed by atoms with Crippen molar-refractivity contribution in [1.82, 2.24) is 0 Å². The van der Waals surface area contributed by atoms with Crippen LogP contribution in [-0.2, 0) is 19.7 Å². The van der Waals surface area contributed by atoms with E-state index >= 15 is 0 Å². The lowest BCUT2D eigenvalue weighted by Gasteiger charge is -2.04. The van der Waals surface area contributed by atoms with Gasteiger partial charge in [0.25, 0.3) is 0 Å². The number of benzene rings is 1. The molecule has 1 aromatic carbocycles. The number of nitro benzene ring substituents is 2. The molecule has 0 atom stereocenters. The number of carboxylic acids is 3. The fourth-order valence-electron chi connectivity index (χ4n) is 1.31. The first-order valence-corrected chi connectivity index (χ1v) is 6.78. The van der Waals surface area contributed by atoms with E-state index in [1.165, 1.54) is 0 Å². The number of aromatic carboxylic acids is 1. The van der Waals surface area contributed by atoms with E-state index in [0.29, 0.717) is 12.1 Å². The van der Waals surface area contributed by atoms with Crippen molar-refractivity contribution in [3.8, 4) is 0 Å². The maximum Gasteiger partial charge on any atom is 0.414 e. The Morgan fingerprint density at radius 3 is 1.60 bits per heavy atom. The van der Waals surface area contributed by atoms with Crippen LogP contribution in [0.3, 0.4) is 0 Å². The number of nitrogens with zero attached hydrogens (tertiary/aromatic N) is 2. The molecule has 16 heteroatoms. The van der Waals surface area contributed by atoms with Gasteiger partial charge in [0.15, 0.2) is 4.90 Å². The van der Waals surface area contributed by atoms with Gasteiger partial charge >= 0.3 is 39.4 Å². The average Bonchev–Trinajstić information content (AvgIpc) is 2.44. The molecule has 0 aliphatic carbocycles. The number of carbonyl (C=O) groups is 3. The van der Waals surface area contributed by atoms with Crippen LogP contribution >= 0.6 is 0 Å². The zero-order chi connectivity index (χ0) is 20.1. The zero-order valence-corrected chi connectivity index (χ0v) is 12.2. The van der Waals surface area contributed by atoms with Gasteiger partial charge in [-0.05, 0) is 6.07 Å². The quantitative estimate of drug-likeness (QED) is 0.224. The lowest BCUT2D eigenvalue weighted by molar-refractivity contribution is -0.424. The second kappa shape index (κ2) is 7.75. The molecule has 0 radical (unpaired) electrons. The largest absolute Gasteiger partial charge is 0.478 e. The van der Waals surface area contributed by atoms with Crippen LogP contribution in [0.1, 0.15) is 10.4 Å². The molecular weight excluding hydrogens is 376 g/mol. The first kappa shape index (κ1) is 21.3. The summed E-state index contributed by atoms with van der Waals surface area (Å²) in [5, 5.41) is 44.7. The highest BCUT2D eigenvalue weighted by atomic mass is 32.2. The van der Waals surface area contributed by atoms with Crippen LogP contribution in [0.5, 0.6) is 0 Å². The summed E-state index contributed by atoms with van der Waals surface area (Å²) in [7, 11) is -5.34. The van der Waals surface area contributed by atoms with Gasteiger partial charge in [-0.3, -0.25) is 24.8 Å². The summed E-state index contributed by atoms with van der Waals surface area (Å²) < 4.78 is 30.9. The highest BCUT2D eigenvalue weighted by molar-refractivity contribution is 7.86. The minimum Gasteiger partial charge on any atom is -0.478 e. The van der Waals surface area contributed by atoms with Crippen molar-refractivity contribution >= 4 is 39.4 Å². The van der Waals surface area contributed by atoms with Gasteiger partial charge in [0.1, 0.15) is 0 Å². The van der Waals surface area contributed by atoms with Crippen molar-refractivity contribution < 1.29 is 52.5 Å². The number of carboxylic acid groups (broad SMARTS) is 3. The van der Waals surface area contributed by atoms with Crippen LogP contribution in [0.15, 0.2) is 17.0 Å². The molecule has 0 amide bonds. The van der Waals surface area contributed by atoms with Crippen LogP contribution in [0.25, 0.3) is 0 Å². The lowest BCUT2D eigenvalue weighted by atomic mass is 10.1. The Morgan fingerprint density at radius 1 is 0.920 bits per heavy atom. The summed E-state index contributed by atoms with van der Waals surface area (Å²) in [6, 6.07) is 0.951. The smallest absolute Gasteiger partial charge is 0.414 e. The normalized spacial score (nSPS) is 10.1. The Morgan fingerprint density at radius 2 is 1.36 bits per heavy atom. The minimum atomic E-state index is -5.34. The standard InChI is InChI=1S/C7H4N2O9S.C2H2O4/c10-7(11)3-1-2-4(8(12)13)5(9(14)15)6(3)19(16,17)18;3-1(4)2(5)6/h1-2H,(H,10,11)(H,16,17,18);(H,3,4)(H,5,6). The number of hydrogen-bond acceptors (Lipinski definition) is 9. The Bertz CT molecular complexity index is 860. The minimum absolute atomic E-state index is 0.469. The number of hydrogen-bond donors (Lipinski definition) is 4. The molecular formula is C9H6N2O13S. The Labute approximate surface area is 135 Å². The molecule has 25 heavy (non-hydrogen) atoms. The topological polar surface area (TPSA) is 253 Å². The first-order chi connectivity index (χ1) is 11.2. The SMILES string of the molecule is O=C(O)C(=O)O.O=C(O)c1ccc([N+](=O)[O-])c([N+](=O)[O-])c1S(=O)(=O)O. The van der Waals surface area contributed by atoms with Crippen molar-refractivity contribution in [2.75, 3.05) is 0 Å². The van der Waals surface area contributed by atoms with Gasteiger partial charge in [-0.1, -0.05) is 0 Å². The fourth-order valence-corrected chi connectivity index (χ4v) is 2.17. The fraction of sp³-hybridized carbons (Fsp3) is 0. The monoisotopic (exact) mass is 382 g/mol. The van der Waals surface area contributed by atoms with Gasteiger partial charge in [-0.2, -0.15) is 8.42 Å². The van der Waals surface area contributed by atoms with Gasteiger partial charge in [-0.15, -0.1) is 0 Å². The molecule has 0 spiro atoms. The predicted molar refractivity (Wildman–Crippen MR) is 71.8 cm³/mol. The third-order valence-corrected chi connectivity index (χ3v) is 3.09. The molecule has 1 aromatic rings. The maximum absolute atomic E-state index is 11.0. The van der Waals surface area contributed by atoms with Crippen LogP contribution in [0, 0.1) is 20.2 Å². The van der Waals surface area contributed by atoms with Crippen LogP contribution in [0.4, 0.5) is 11.4 Å². The molecule has 0 fully saturated rings. The average molecular weight is 382 g/mol. The van der Waals surface area contributed by atoms with E-state index in [2.05, 4.69) is 0 Å². The zero-order valence-electron chi connectivity index (χ0n) is 11.4. The molecule has 15 nitrogen and oxygen atoms in total. The summed E-state index contributed by atoms with van der Waals surface area (Å²) >= 11 is 0. The van der Waals surface area contributed by atoms with Crippen molar-refractivity contribution in [3.63, 3.8) is 0 Å². The number of rotatable bonds is 4. The van der Waals surface area contributed by atoms with E-state index in [0.717, 1.165) is 0 Å². The van der Waals surface area contributed by atoms with E-state index < -0.39 is 59.7 Å². The second-order valence-electron chi connectivity index (χ2n) is 3.71. The van der Waals surface area contributed by atoms with E-state index in [1.54, 1.807) is 0 Å². The second-order valence-corrected chi connectivity index (χ2v) is 5.07. The van der Waals surface area contributed by atoms with Crippen molar-refractivity contribution in [3.05, 3.63) is 37.9 Å². The Hall–Kier alpha value is -3.66. The molecule has 1 rings (SSSR count). The summed E-state index contributed by atoms with van der Waals surface area (Å²) in [5.74, 6) is -5.55. The van der Waals surface area contributed by atoms with Crippen LogP contribution < -0.4 is 0 Å². The Balaban J connectivity index is 0.000000823. The molecule has 0 aliphatic rings. The van der Waals surface area contributed by atoms with E-state index in [4.69, 9.17) is 29.5 Å². The highest BCUT2D eigenvalue weighted by Gasteiger charge is 2.38. The molecule has 0 saturated carbocycles. The predicted octanol–water partition coefficient (Wildman–Crippen LogP) is -0.396. The summed E-state index contributed by atoms with van der Waals surface area (Å²) in [6.07, 6.45) is 0. The summed E-state index contributed by atoms with van der Waals surface area (Å²) in [4.78, 5) is 45.9. The molecule has 4 N–H and O–H groups in total. The van der Waals surface area contributed by atoms with E-state index in [9.17, 15) is 33.4 Å². The van der Waals surface area contributed by atoms with Gasteiger partial charge in [0.2, 0.25) is 0 Å². The number of nitro groups is 2. The third-order valence-electron chi connectivity index (χ3n) is 2.16. The van der Waals surface area contributed by atoms with Gasteiger partial charge in [-0.25, -0.2) is 14.4 Å². The van der Waals surface area contributed by atoms with Crippen LogP contribution in [-0.4, -0.2) is 56.0 Å². The highest BCUT2D eigenvalue weighted by Crippen LogP contribution is 2.36. The Kier molecular flexibility index (Phi) is 6.61. The van der Waals surface area contributed by atoms with Crippen molar-refractivity contribution in [2.45, 2.75) is 4.90 Å². The molecule has 136 valence electrons. The van der Waals surface area contributed by atoms with Crippen molar-refractivity contribution in [1.29, 1.82) is 0 Å².